The van der Waals surface area contributed by atoms with E-state index in [2.05, 4.69) is 6.07 Å². The lowest BCUT2D eigenvalue weighted by Gasteiger charge is -2.49. The van der Waals surface area contributed by atoms with E-state index in [1.807, 2.05) is 18.2 Å². The minimum Gasteiger partial charge on any atom is -0.378 e. The number of hydrogen-bond acceptors (Lipinski definition) is 4. The smallest absolute Gasteiger partial charge is 0.300 e. The Morgan fingerprint density at radius 3 is 2.46 bits per heavy atom. The van der Waals surface area contributed by atoms with Gasteiger partial charge in [0, 0.05) is 18.7 Å². The highest BCUT2D eigenvalue weighted by Gasteiger charge is 2.55. The average molecular weight is 380 g/mol. The summed E-state index contributed by atoms with van der Waals surface area (Å²) in [6.07, 6.45) is 5.74. The molecular formula is C22H24N2O4. The summed E-state index contributed by atoms with van der Waals surface area (Å²) < 4.78 is 5.34. The van der Waals surface area contributed by atoms with E-state index >= 15 is 0 Å². The molecule has 5 rings (SSSR count). The summed E-state index contributed by atoms with van der Waals surface area (Å²) in [6.45, 7) is 1.81. The predicted molar refractivity (Wildman–Crippen MR) is 102 cm³/mol. The van der Waals surface area contributed by atoms with Crippen molar-refractivity contribution >= 4 is 23.3 Å². The van der Waals surface area contributed by atoms with Crippen LogP contribution in [-0.2, 0) is 25.5 Å². The lowest BCUT2D eigenvalue weighted by molar-refractivity contribution is -0.144. The molecule has 0 aromatic heterocycles. The lowest BCUT2D eigenvalue weighted by Crippen LogP contribution is -2.54. The van der Waals surface area contributed by atoms with Crippen LogP contribution in [0.4, 0.5) is 0 Å². The number of carbonyl (C=O) groups is 3. The Hall–Kier alpha value is -2.47. The first-order valence-corrected chi connectivity index (χ1v) is 10.2. The molecule has 6 nitrogen and oxygen atoms in total. The second-order valence-electron chi connectivity index (χ2n) is 8.22. The topological polar surface area (TPSA) is 66.9 Å². The van der Waals surface area contributed by atoms with Gasteiger partial charge < -0.3 is 9.64 Å². The monoisotopic (exact) mass is 380 g/mol. The highest BCUT2D eigenvalue weighted by atomic mass is 16.5. The van der Waals surface area contributed by atoms with Crippen LogP contribution in [0.25, 0.3) is 5.70 Å². The number of nitrogens with zero attached hydrogens (tertiary/aromatic N) is 2. The van der Waals surface area contributed by atoms with Crippen molar-refractivity contribution in [2.24, 2.45) is 0 Å². The number of carbonyl (C=O) groups excluding carboxylic acids is 3. The third kappa shape index (κ3) is 2.47. The Kier molecular flexibility index (Phi) is 4.12. The summed E-state index contributed by atoms with van der Waals surface area (Å²) in [7, 11) is 0. The molecule has 2 amide bonds. The number of morpholine rings is 1. The summed E-state index contributed by atoms with van der Waals surface area (Å²) in [4.78, 5) is 42.9. The molecule has 1 spiro atoms. The average Bonchev–Trinajstić information content (AvgIpc) is 3.01. The fourth-order valence-electron chi connectivity index (χ4n) is 5.31. The summed E-state index contributed by atoms with van der Waals surface area (Å²) in [6, 6.07) is 7.91. The Morgan fingerprint density at radius 2 is 1.71 bits per heavy atom. The van der Waals surface area contributed by atoms with Crippen LogP contribution >= 0.6 is 0 Å². The number of amides is 2. The highest BCUT2D eigenvalue weighted by Crippen LogP contribution is 2.49. The fraction of sp³-hybridized carbons (Fsp3) is 0.500. The first kappa shape index (κ1) is 17.6. The van der Waals surface area contributed by atoms with Gasteiger partial charge in [-0.25, -0.2) is 0 Å². The molecule has 28 heavy (non-hydrogen) atoms. The Morgan fingerprint density at radius 1 is 1.00 bits per heavy atom. The van der Waals surface area contributed by atoms with E-state index in [4.69, 9.17) is 4.74 Å². The van der Waals surface area contributed by atoms with Gasteiger partial charge in [-0.15, -0.1) is 0 Å². The minimum absolute atomic E-state index is 0.0593. The van der Waals surface area contributed by atoms with Crippen molar-refractivity contribution in [2.75, 3.05) is 26.3 Å². The van der Waals surface area contributed by atoms with Gasteiger partial charge in [0.2, 0.25) is 0 Å². The fourth-order valence-corrected chi connectivity index (χ4v) is 5.31. The van der Waals surface area contributed by atoms with Crippen LogP contribution in [0.5, 0.6) is 0 Å². The molecule has 0 atom stereocenters. The number of hydrogen-bond donors (Lipinski definition) is 0. The molecule has 3 heterocycles. The standard InChI is InChI=1S/C22H24N2O4/c25-19-17(20(26)23-10-12-28-13-11-23)18-16-7-3-2-6-15(16)14-22(24(18)21(19)27)8-4-1-5-9-22/h2-3,6-7H,1,4-5,8-14H2. The normalized spacial score (nSPS) is 23.9. The molecule has 0 bridgehead atoms. The van der Waals surface area contributed by atoms with Gasteiger partial charge in [-0.2, -0.15) is 0 Å². The molecular weight excluding hydrogens is 356 g/mol. The third-order valence-electron chi connectivity index (χ3n) is 6.65. The third-order valence-corrected chi connectivity index (χ3v) is 6.65. The molecule has 0 N–H and O–H groups in total. The van der Waals surface area contributed by atoms with Crippen molar-refractivity contribution in [1.82, 2.24) is 9.80 Å². The summed E-state index contributed by atoms with van der Waals surface area (Å²) in [5.74, 6) is -1.50. The second kappa shape index (κ2) is 6.55. The molecule has 1 saturated heterocycles. The van der Waals surface area contributed by atoms with E-state index in [-0.39, 0.29) is 17.0 Å². The van der Waals surface area contributed by atoms with E-state index in [0.717, 1.165) is 49.7 Å². The molecule has 146 valence electrons. The summed E-state index contributed by atoms with van der Waals surface area (Å²) in [5.41, 5.74) is 2.22. The summed E-state index contributed by atoms with van der Waals surface area (Å²) >= 11 is 0. The van der Waals surface area contributed by atoms with Crippen LogP contribution < -0.4 is 0 Å². The van der Waals surface area contributed by atoms with Gasteiger partial charge in [0.15, 0.2) is 0 Å². The van der Waals surface area contributed by atoms with Crippen molar-refractivity contribution < 1.29 is 19.1 Å². The largest absolute Gasteiger partial charge is 0.378 e. The van der Waals surface area contributed by atoms with Gasteiger partial charge in [0.25, 0.3) is 17.6 Å². The van der Waals surface area contributed by atoms with E-state index in [1.54, 1.807) is 9.80 Å². The van der Waals surface area contributed by atoms with Crippen LogP contribution in [0, 0.1) is 0 Å². The Balaban J connectivity index is 1.69. The van der Waals surface area contributed by atoms with Gasteiger partial charge in [0.05, 0.1) is 24.4 Å². The van der Waals surface area contributed by atoms with Gasteiger partial charge in [0.1, 0.15) is 5.57 Å². The zero-order chi connectivity index (χ0) is 19.3. The van der Waals surface area contributed by atoms with Crippen LogP contribution in [-0.4, -0.2) is 59.2 Å². The van der Waals surface area contributed by atoms with Gasteiger partial charge in [-0.3, -0.25) is 19.3 Å². The predicted octanol–water partition coefficient (Wildman–Crippen LogP) is 1.93. The van der Waals surface area contributed by atoms with Crippen molar-refractivity contribution in [2.45, 2.75) is 44.1 Å². The van der Waals surface area contributed by atoms with Crippen molar-refractivity contribution in [1.29, 1.82) is 0 Å². The molecule has 1 aromatic carbocycles. The maximum absolute atomic E-state index is 13.3. The molecule has 1 aromatic rings. The van der Waals surface area contributed by atoms with Crippen molar-refractivity contribution in [3.05, 3.63) is 41.0 Å². The van der Waals surface area contributed by atoms with E-state index < -0.39 is 11.7 Å². The number of fused-ring (bicyclic) bond motifs is 4. The number of rotatable bonds is 1. The van der Waals surface area contributed by atoms with Crippen molar-refractivity contribution in [3.63, 3.8) is 0 Å². The maximum atomic E-state index is 13.3. The zero-order valence-corrected chi connectivity index (χ0v) is 15.9. The highest BCUT2D eigenvalue weighted by molar-refractivity contribution is 6.55. The number of ether oxygens (including phenoxy) is 1. The number of Topliss-reactive ketones (excluding diaryl/α,β-unsaturated/α-hetero) is 1. The van der Waals surface area contributed by atoms with Gasteiger partial charge >= 0.3 is 0 Å². The molecule has 4 aliphatic rings. The first-order valence-electron chi connectivity index (χ1n) is 10.2. The number of ketones is 1. The summed E-state index contributed by atoms with van der Waals surface area (Å²) in [5, 5.41) is 0. The van der Waals surface area contributed by atoms with Crippen molar-refractivity contribution in [3.8, 4) is 0 Å². The SMILES string of the molecule is O=C1C(=O)N2C(=C1C(=O)N1CCOCC1)c1ccccc1CC21CCCCC1. The van der Waals surface area contributed by atoms with Crippen LogP contribution in [0.2, 0.25) is 0 Å². The molecule has 0 unspecified atom stereocenters. The molecule has 0 radical (unpaired) electrons. The molecule has 6 heteroatoms. The van der Waals surface area contributed by atoms with Gasteiger partial charge in [-0.05, 0) is 24.8 Å². The Bertz CT molecular complexity index is 892. The minimum atomic E-state index is -0.645. The zero-order valence-electron chi connectivity index (χ0n) is 15.9. The van der Waals surface area contributed by atoms with Crippen LogP contribution in [0.3, 0.4) is 0 Å². The van der Waals surface area contributed by atoms with Crippen LogP contribution in [0.1, 0.15) is 43.2 Å². The molecule has 3 aliphatic heterocycles. The Labute approximate surface area is 164 Å². The number of benzene rings is 1. The van der Waals surface area contributed by atoms with E-state index in [1.165, 1.54) is 0 Å². The maximum Gasteiger partial charge on any atom is 0.300 e. The quantitative estimate of drug-likeness (QED) is 0.552. The lowest BCUT2D eigenvalue weighted by atomic mass is 9.72. The van der Waals surface area contributed by atoms with E-state index in [9.17, 15) is 14.4 Å². The molecule has 1 saturated carbocycles. The van der Waals surface area contributed by atoms with Gasteiger partial charge in [-0.1, -0.05) is 43.5 Å². The van der Waals surface area contributed by atoms with E-state index in [0.29, 0.717) is 32.0 Å². The second-order valence-corrected chi connectivity index (χ2v) is 8.22. The molecule has 1 aliphatic carbocycles. The van der Waals surface area contributed by atoms with Crippen LogP contribution in [0.15, 0.2) is 29.8 Å². The molecule has 2 fully saturated rings. The first-order chi connectivity index (χ1) is 13.6.